The van der Waals surface area contributed by atoms with Crippen molar-refractivity contribution in [1.29, 1.82) is 0 Å². The van der Waals surface area contributed by atoms with Gasteiger partial charge in [0, 0.05) is 32.7 Å². The van der Waals surface area contributed by atoms with Gasteiger partial charge in [-0.05, 0) is 30.6 Å². The second-order valence-corrected chi connectivity index (χ2v) is 6.72. The van der Waals surface area contributed by atoms with Crippen molar-refractivity contribution in [2.24, 2.45) is 11.8 Å². The van der Waals surface area contributed by atoms with Gasteiger partial charge in [0.2, 0.25) is 0 Å². The van der Waals surface area contributed by atoms with Gasteiger partial charge in [-0.25, -0.2) is 0 Å². The van der Waals surface area contributed by atoms with E-state index in [-0.39, 0.29) is 32.7 Å². The Morgan fingerprint density at radius 2 is 1.74 bits per heavy atom. The molecule has 2 aliphatic carbocycles. The smallest absolute Gasteiger partial charge is 0 e. The minimum absolute atomic E-state index is 0. The first-order valence-corrected chi connectivity index (χ1v) is 7.59. The third-order valence-electron chi connectivity index (χ3n) is 5.50. The van der Waals surface area contributed by atoms with E-state index in [1.807, 2.05) is 0 Å². The van der Waals surface area contributed by atoms with Gasteiger partial charge in [0.25, 0.3) is 0 Å². The van der Waals surface area contributed by atoms with Gasteiger partial charge in [-0.1, -0.05) is 47.0 Å². The van der Waals surface area contributed by atoms with E-state index in [0.29, 0.717) is 0 Å². The third-order valence-corrected chi connectivity index (χ3v) is 5.50. The number of aryl methyl sites for hydroxylation is 2. The number of benzene rings is 1. The van der Waals surface area contributed by atoms with E-state index < -0.39 is 0 Å². The molecule has 3 unspecified atom stereocenters. The number of hydrogen-bond donors (Lipinski definition) is 0. The summed E-state index contributed by atoms with van der Waals surface area (Å²) in [6.07, 6.45) is 7.02. The van der Waals surface area contributed by atoms with Crippen LogP contribution in [0.3, 0.4) is 0 Å². The molecular weight excluding hydrogens is 305 g/mol. The van der Waals surface area contributed by atoms with Gasteiger partial charge in [-0.3, -0.25) is 0 Å². The molecule has 3 atom stereocenters. The van der Waals surface area contributed by atoms with Crippen LogP contribution in [0.25, 0.3) is 0 Å². The van der Waals surface area contributed by atoms with Crippen LogP contribution >= 0.6 is 0 Å². The van der Waals surface area contributed by atoms with Gasteiger partial charge >= 0.3 is 0 Å². The molecule has 1 fully saturated rings. The molecule has 0 amide bonds. The molecule has 1 radical (unpaired) electrons. The van der Waals surface area contributed by atoms with Crippen LogP contribution < -0.4 is 0 Å². The van der Waals surface area contributed by atoms with Crippen LogP contribution in [0, 0.1) is 38.7 Å². The van der Waals surface area contributed by atoms with Crippen molar-refractivity contribution in [3.05, 3.63) is 33.9 Å². The van der Waals surface area contributed by atoms with Crippen LogP contribution in [0.5, 0.6) is 0 Å². The Kier molecular flexibility index (Phi) is 4.94. The molecule has 1 saturated carbocycles. The molecule has 0 aliphatic heterocycles. The van der Waals surface area contributed by atoms with E-state index in [0.717, 1.165) is 17.8 Å². The van der Waals surface area contributed by atoms with Gasteiger partial charge in [-0.2, -0.15) is 22.8 Å². The topological polar surface area (TPSA) is 0 Å². The summed E-state index contributed by atoms with van der Waals surface area (Å²) in [4.78, 5) is 0. The largest absolute Gasteiger partial charge is 0.177 e. The molecule has 3 rings (SSSR count). The SMILES string of the molecule is Cc1[c-]c(C)c2c(c1C)C1CCC(C)CC1CC2.[Y]. The standard InChI is InChI=1S/C18H25.Y/c1-11-5-7-17-15(9-11)6-8-16-13(3)10-12(2)14(4)18(16)17;/h11,15,17H,5-9H2,1-4H3;/q-1;. The Morgan fingerprint density at radius 1 is 1.00 bits per heavy atom. The number of fused-ring (bicyclic) bond motifs is 3. The van der Waals surface area contributed by atoms with Gasteiger partial charge in [0.15, 0.2) is 0 Å². The number of rotatable bonds is 0. The van der Waals surface area contributed by atoms with E-state index >= 15 is 0 Å². The molecule has 1 aromatic carbocycles. The van der Waals surface area contributed by atoms with Crippen molar-refractivity contribution in [1.82, 2.24) is 0 Å². The van der Waals surface area contributed by atoms with E-state index in [9.17, 15) is 0 Å². The Bertz CT molecular complexity index is 475. The molecule has 0 nitrogen and oxygen atoms in total. The zero-order valence-corrected chi connectivity index (χ0v) is 15.7. The van der Waals surface area contributed by atoms with E-state index in [1.165, 1.54) is 43.2 Å². The molecule has 0 heterocycles. The normalized spacial score (nSPS) is 29.2. The van der Waals surface area contributed by atoms with Crippen LogP contribution in [0.2, 0.25) is 0 Å². The fourth-order valence-electron chi connectivity index (χ4n) is 4.43. The Labute approximate surface area is 143 Å². The summed E-state index contributed by atoms with van der Waals surface area (Å²) >= 11 is 0. The predicted octanol–water partition coefficient (Wildman–Crippen LogP) is 4.88. The first kappa shape index (κ1) is 15.7. The summed E-state index contributed by atoms with van der Waals surface area (Å²) in [5, 5.41) is 0. The fourth-order valence-corrected chi connectivity index (χ4v) is 4.43. The van der Waals surface area contributed by atoms with E-state index in [1.54, 1.807) is 16.7 Å². The van der Waals surface area contributed by atoms with E-state index in [2.05, 4.69) is 33.8 Å². The Balaban J connectivity index is 0.00000133. The summed E-state index contributed by atoms with van der Waals surface area (Å²) in [6, 6.07) is 3.57. The quantitative estimate of drug-likeness (QED) is 0.595. The molecule has 19 heavy (non-hydrogen) atoms. The summed E-state index contributed by atoms with van der Waals surface area (Å²) < 4.78 is 0. The first-order valence-electron chi connectivity index (χ1n) is 7.59. The zero-order valence-electron chi connectivity index (χ0n) is 12.8. The van der Waals surface area contributed by atoms with Crippen molar-refractivity contribution in [3.63, 3.8) is 0 Å². The van der Waals surface area contributed by atoms with Crippen LogP contribution in [0.4, 0.5) is 0 Å². The minimum atomic E-state index is 0. The molecule has 0 bridgehead atoms. The average Bonchev–Trinajstić information content (AvgIpc) is 2.34. The predicted molar refractivity (Wildman–Crippen MR) is 77.1 cm³/mol. The van der Waals surface area contributed by atoms with Gasteiger partial charge in [0.1, 0.15) is 0 Å². The van der Waals surface area contributed by atoms with E-state index in [4.69, 9.17) is 0 Å². The third kappa shape index (κ3) is 2.73. The van der Waals surface area contributed by atoms with Crippen molar-refractivity contribution < 1.29 is 32.7 Å². The van der Waals surface area contributed by atoms with Gasteiger partial charge in [0.05, 0.1) is 0 Å². The molecule has 1 aromatic rings. The van der Waals surface area contributed by atoms with Crippen LogP contribution in [-0.4, -0.2) is 0 Å². The van der Waals surface area contributed by atoms with Gasteiger partial charge < -0.3 is 0 Å². The second-order valence-electron chi connectivity index (χ2n) is 6.72. The molecule has 0 saturated heterocycles. The number of hydrogen-bond acceptors (Lipinski definition) is 0. The summed E-state index contributed by atoms with van der Waals surface area (Å²) in [5.41, 5.74) is 7.72. The van der Waals surface area contributed by atoms with Crippen LogP contribution in [0.1, 0.15) is 66.3 Å². The minimum Gasteiger partial charge on any atom is -0.177 e. The molecule has 0 N–H and O–H groups in total. The molecule has 0 aromatic heterocycles. The maximum atomic E-state index is 3.57. The molecule has 101 valence electrons. The maximum Gasteiger partial charge on any atom is 0 e. The molecular formula is C18H25Y-. The summed E-state index contributed by atoms with van der Waals surface area (Å²) in [5.74, 6) is 2.77. The molecule has 2 aliphatic rings. The van der Waals surface area contributed by atoms with Gasteiger partial charge in [-0.15, -0.1) is 11.1 Å². The fraction of sp³-hybridized carbons (Fsp3) is 0.667. The van der Waals surface area contributed by atoms with Crippen molar-refractivity contribution >= 4 is 0 Å². The Morgan fingerprint density at radius 3 is 2.47 bits per heavy atom. The average molecular weight is 330 g/mol. The van der Waals surface area contributed by atoms with Crippen LogP contribution in [0.15, 0.2) is 0 Å². The molecule has 0 spiro atoms. The summed E-state index contributed by atoms with van der Waals surface area (Å²) in [6.45, 7) is 9.26. The second kappa shape index (κ2) is 5.98. The van der Waals surface area contributed by atoms with Crippen molar-refractivity contribution in [3.8, 4) is 0 Å². The monoisotopic (exact) mass is 330 g/mol. The van der Waals surface area contributed by atoms with Crippen LogP contribution in [-0.2, 0) is 39.1 Å². The molecule has 1 heteroatoms. The summed E-state index contributed by atoms with van der Waals surface area (Å²) in [7, 11) is 0. The first-order chi connectivity index (χ1) is 8.58. The van der Waals surface area contributed by atoms with Crippen molar-refractivity contribution in [2.45, 2.75) is 65.7 Å². The van der Waals surface area contributed by atoms with Crippen molar-refractivity contribution in [2.75, 3.05) is 0 Å². The Hall–Kier alpha value is 0.324. The maximum absolute atomic E-state index is 3.57. The zero-order chi connectivity index (χ0) is 12.9.